The van der Waals surface area contributed by atoms with Gasteiger partial charge in [-0.3, -0.25) is 9.69 Å². The van der Waals surface area contributed by atoms with Crippen molar-refractivity contribution >= 4 is 11.7 Å². The van der Waals surface area contributed by atoms with Gasteiger partial charge in [0.25, 0.3) is 0 Å². The van der Waals surface area contributed by atoms with E-state index in [0.717, 1.165) is 26.2 Å². The number of benzene rings is 1. The van der Waals surface area contributed by atoms with Gasteiger partial charge in [0.1, 0.15) is 5.82 Å². The molecule has 5 heteroatoms. The summed E-state index contributed by atoms with van der Waals surface area (Å²) in [5, 5.41) is 0. The third kappa shape index (κ3) is 4.17. The van der Waals surface area contributed by atoms with E-state index in [0.29, 0.717) is 18.8 Å². The van der Waals surface area contributed by atoms with Crippen LogP contribution in [0.5, 0.6) is 0 Å². The molecule has 0 radical (unpaired) electrons. The van der Waals surface area contributed by atoms with Crippen molar-refractivity contribution in [3.63, 3.8) is 0 Å². The van der Waals surface area contributed by atoms with Crippen molar-refractivity contribution in [3.05, 3.63) is 30.1 Å². The van der Waals surface area contributed by atoms with E-state index in [2.05, 4.69) is 9.80 Å². The molecule has 1 aromatic carbocycles. The van der Waals surface area contributed by atoms with Crippen molar-refractivity contribution in [2.24, 2.45) is 5.92 Å². The van der Waals surface area contributed by atoms with Crippen molar-refractivity contribution in [2.45, 2.75) is 13.8 Å². The van der Waals surface area contributed by atoms with E-state index in [1.54, 1.807) is 6.07 Å². The lowest BCUT2D eigenvalue weighted by Gasteiger charge is -2.36. The van der Waals surface area contributed by atoms with Gasteiger partial charge >= 0.3 is 5.97 Å². The summed E-state index contributed by atoms with van der Waals surface area (Å²) in [5.41, 5.74) is 0.663. The Morgan fingerprint density at radius 1 is 1.29 bits per heavy atom. The predicted molar refractivity (Wildman–Crippen MR) is 80.9 cm³/mol. The Kier molecular flexibility index (Phi) is 5.56. The number of halogens is 1. The zero-order valence-corrected chi connectivity index (χ0v) is 12.7. The van der Waals surface area contributed by atoms with Crippen LogP contribution in [0.1, 0.15) is 13.8 Å². The van der Waals surface area contributed by atoms with Crippen LogP contribution in [0.15, 0.2) is 24.3 Å². The van der Waals surface area contributed by atoms with Crippen molar-refractivity contribution in [3.8, 4) is 0 Å². The first-order chi connectivity index (χ1) is 10.1. The SMILES string of the molecule is CCOC(=O)C(C)CN1CCN(c2ccccc2F)CC1. The number of nitrogens with zero attached hydrogens (tertiary/aromatic N) is 2. The number of hydrogen-bond acceptors (Lipinski definition) is 4. The molecule has 1 saturated heterocycles. The molecule has 0 aliphatic carbocycles. The third-order valence-electron chi connectivity index (χ3n) is 3.79. The van der Waals surface area contributed by atoms with Gasteiger partial charge in [0.05, 0.1) is 18.2 Å². The van der Waals surface area contributed by atoms with Gasteiger partial charge in [-0.2, -0.15) is 0 Å². The minimum atomic E-state index is -0.175. The molecule has 116 valence electrons. The van der Waals surface area contributed by atoms with Crippen molar-refractivity contribution < 1.29 is 13.9 Å². The molecule has 2 rings (SSSR count). The van der Waals surface area contributed by atoms with Crippen LogP contribution in [0.3, 0.4) is 0 Å². The predicted octanol–water partition coefficient (Wildman–Crippen LogP) is 2.15. The number of hydrogen-bond donors (Lipinski definition) is 0. The molecular weight excluding hydrogens is 271 g/mol. The van der Waals surface area contributed by atoms with Gasteiger partial charge < -0.3 is 9.64 Å². The molecular formula is C16H23FN2O2. The minimum absolute atomic E-state index is 0.120. The van der Waals surface area contributed by atoms with Crippen molar-refractivity contribution in [2.75, 3.05) is 44.2 Å². The highest BCUT2D eigenvalue weighted by molar-refractivity contribution is 5.72. The van der Waals surface area contributed by atoms with E-state index in [1.165, 1.54) is 6.07 Å². The second-order valence-corrected chi connectivity index (χ2v) is 5.39. The number of para-hydroxylation sites is 1. The van der Waals surface area contributed by atoms with Crippen LogP contribution < -0.4 is 4.90 Å². The molecule has 0 spiro atoms. The average Bonchev–Trinajstić information content (AvgIpc) is 2.49. The van der Waals surface area contributed by atoms with E-state index in [-0.39, 0.29) is 17.7 Å². The summed E-state index contributed by atoms with van der Waals surface area (Å²) in [4.78, 5) is 15.9. The lowest BCUT2D eigenvalue weighted by atomic mass is 10.1. The first-order valence-electron chi connectivity index (χ1n) is 7.50. The van der Waals surface area contributed by atoms with Gasteiger partial charge in [0, 0.05) is 32.7 Å². The Morgan fingerprint density at radius 3 is 2.57 bits per heavy atom. The molecule has 4 nitrogen and oxygen atoms in total. The normalized spacial score (nSPS) is 17.6. The monoisotopic (exact) mass is 294 g/mol. The van der Waals surface area contributed by atoms with Crippen LogP contribution in [0.25, 0.3) is 0 Å². The van der Waals surface area contributed by atoms with Gasteiger partial charge in [0.15, 0.2) is 0 Å². The van der Waals surface area contributed by atoms with Gasteiger partial charge in [-0.1, -0.05) is 19.1 Å². The number of rotatable bonds is 5. The maximum absolute atomic E-state index is 13.8. The summed E-state index contributed by atoms with van der Waals surface area (Å²) in [6.45, 7) is 8.04. The van der Waals surface area contributed by atoms with Gasteiger partial charge in [-0.05, 0) is 19.1 Å². The van der Waals surface area contributed by atoms with Crippen LogP contribution in [0.2, 0.25) is 0 Å². The molecule has 0 bridgehead atoms. The van der Waals surface area contributed by atoms with E-state index in [1.807, 2.05) is 26.0 Å². The second-order valence-electron chi connectivity index (χ2n) is 5.39. The molecule has 1 aliphatic heterocycles. The highest BCUT2D eigenvalue weighted by Crippen LogP contribution is 2.20. The Morgan fingerprint density at radius 2 is 1.95 bits per heavy atom. The van der Waals surface area contributed by atoms with Crippen LogP contribution in [-0.2, 0) is 9.53 Å². The summed E-state index contributed by atoms with van der Waals surface area (Å²) >= 11 is 0. The molecule has 1 atom stereocenters. The van der Waals surface area contributed by atoms with Crippen molar-refractivity contribution in [1.29, 1.82) is 0 Å². The van der Waals surface area contributed by atoms with E-state index >= 15 is 0 Å². The summed E-state index contributed by atoms with van der Waals surface area (Å²) in [7, 11) is 0. The molecule has 0 saturated carbocycles. The molecule has 1 fully saturated rings. The average molecular weight is 294 g/mol. The lowest BCUT2D eigenvalue weighted by molar-refractivity contribution is -0.148. The second kappa shape index (κ2) is 7.41. The fraction of sp³-hybridized carbons (Fsp3) is 0.562. The molecule has 0 amide bonds. The molecule has 1 aromatic rings. The molecule has 0 N–H and O–H groups in total. The van der Waals surface area contributed by atoms with Crippen LogP contribution in [-0.4, -0.2) is 50.2 Å². The Bertz CT molecular complexity index is 473. The quantitative estimate of drug-likeness (QED) is 0.779. The summed E-state index contributed by atoms with van der Waals surface area (Å²) < 4.78 is 18.8. The molecule has 0 aromatic heterocycles. The fourth-order valence-electron chi connectivity index (χ4n) is 2.63. The highest BCUT2D eigenvalue weighted by atomic mass is 19.1. The topological polar surface area (TPSA) is 32.8 Å². The van der Waals surface area contributed by atoms with Crippen molar-refractivity contribution in [1.82, 2.24) is 4.90 Å². The zero-order valence-electron chi connectivity index (χ0n) is 12.7. The zero-order chi connectivity index (χ0) is 15.2. The van der Waals surface area contributed by atoms with Crippen LogP contribution in [0, 0.1) is 11.7 Å². The minimum Gasteiger partial charge on any atom is -0.466 e. The molecule has 21 heavy (non-hydrogen) atoms. The van der Waals surface area contributed by atoms with E-state index in [9.17, 15) is 9.18 Å². The van der Waals surface area contributed by atoms with Gasteiger partial charge in [-0.25, -0.2) is 4.39 Å². The van der Waals surface area contributed by atoms with E-state index in [4.69, 9.17) is 4.74 Å². The number of esters is 1. The van der Waals surface area contributed by atoms with Gasteiger partial charge in [0.2, 0.25) is 0 Å². The summed E-state index contributed by atoms with van der Waals surface area (Å²) in [6.07, 6.45) is 0. The first-order valence-corrected chi connectivity index (χ1v) is 7.50. The Labute approximate surface area is 125 Å². The van der Waals surface area contributed by atoms with Crippen LogP contribution >= 0.6 is 0 Å². The lowest BCUT2D eigenvalue weighted by Crippen LogP contribution is -2.48. The molecule has 1 unspecified atom stereocenters. The third-order valence-corrected chi connectivity index (χ3v) is 3.79. The largest absolute Gasteiger partial charge is 0.466 e. The summed E-state index contributed by atoms with van der Waals surface area (Å²) in [6, 6.07) is 6.86. The number of ether oxygens (including phenoxy) is 1. The maximum Gasteiger partial charge on any atom is 0.309 e. The highest BCUT2D eigenvalue weighted by Gasteiger charge is 2.23. The maximum atomic E-state index is 13.8. The molecule has 1 aliphatic rings. The standard InChI is InChI=1S/C16H23FN2O2/c1-3-21-16(20)13(2)12-18-8-10-19(11-9-18)15-7-5-4-6-14(15)17/h4-7,13H,3,8-12H2,1-2H3. The molecule has 1 heterocycles. The van der Waals surface area contributed by atoms with Crippen LogP contribution in [0.4, 0.5) is 10.1 Å². The number of carbonyl (C=O) groups excluding carboxylic acids is 1. The number of piperazine rings is 1. The van der Waals surface area contributed by atoms with Gasteiger partial charge in [-0.15, -0.1) is 0 Å². The Balaban J connectivity index is 1.83. The number of anilines is 1. The number of carbonyl (C=O) groups is 1. The smallest absolute Gasteiger partial charge is 0.309 e. The summed E-state index contributed by atoms with van der Waals surface area (Å²) in [5.74, 6) is -0.440. The fourth-order valence-corrected chi connectivity index (χ4v) is 2.63. The first kappa shape index (κ1) is 15.8. The van der Waals surface area contributed by atoms with E-state index < -0.39 is 0 Å². The Hall–Kier alpha value is -1.62.